The van der Waals surface area contributed by atoms with Crippen LogP contribution in [0.2, 0.25) is 5.02 Å². The summed E-state index contributed by atoms with van der Waals surface area (Å²) in [5, 5.41) is 0.656. The Morgan fingerprint density at radius 2 is 2.36 bits per heavy atom. The van der Waals surface area contributed by atoms with Crippen molar-refractivity contribution < 1.29 is 4.39 Å². The van der Waals surface area contributed by atoms with Gasteiger partial charge >= 0.3 is 0 Å². The van der Waals surface area contributed by atoms with Crippen LogP contribution in [0.4, 0.5) is 10.1 Å². The van der Waals surface area contributed by atoms with Gasteiger partial charge in [0.25, 0.3) is 0 Å². The molecule has 1 heterocycles. The van der Waals surface area contributed by atoms with Crippen LogP contribution >= 0.6 is 23.5 Å². The maximum atomic E-state index is 12.2. The van der Waals surface area contributed by atoms with Crippen molar-refractivity contribution in [1.82, 2.24) is 0 Å². The van der Waals surface area contributed by atoms with Gasteiger partial charge in [-0.2, -0.15) is 0 Å². The van der Waals surface area contributed by atoms with E-state index in [9.17, 15) is 4.39 Å². The molecule has 74 valence electrons. The van der Waals surface area contributed by atoms with Crippen molar-refractivity contribution in [2.75, 3.05) is 18.1 Å². The molecule has 0 aliphatic carbocycles. The second kappa shape index (κ2) is 4.19. The molecule has 2 nitrogen and oxygen atoms in total. The van der Waals surface area contributed by atoms with Gasteiger partial charge in [0.15, 0.2) is 0 Å². The van der Waals surface area contributed by atoms with Crippen LogP contribution in [0.1, 0.15) is 0 Å². The predicted molar refractivity (Wildman–Crippen MR) is 59.1 cm³/mol. The third-order valence-corrected chi connectivity index (χ3v) is 2.87. The molecule has 0 saturated carbocycles. The summed E-state index contributed by atoms with van der Waals surface area (Å²) in [5.41, 5.74) is 0.926. The molecule has 1 aliphatic rings. The van der Waals surface area contributed by atoms with E-state index < -0.39 is 6.67 Å². The lowest BCUT2D eigenvalue weighted by molar-refractivity contribution is 0.503. The normalized spacial score (nSPS) is 14.3. The van der Waals surface area contributed by atoms with E-state index in [0.717, 1.165) is 10.6 Å². The zero-order chi connectivity index (χ0) is 9.97. The molecule has 0 fully saturated rings. The average Bonchev–Trinajstić information content (AvgIpc) is 2.19. The number of benzene rings is 1. The molecule has 0 bridgehead atoms. The zero-order valence-electron chi connectivity index (χ0n) is 7.28. The van der Waals surface area contributed by atoms with Crippen LogP contribution in [0.5, 0.6) is 0 Å². The fraction of sp³-hybridized carbons (Fsp3) is 0.222. The lowest BCUT2D eigenvalue weighted by Gasteiger charge is -2.23. The van der Waals surface area contributed by atoms with Crippen LogP contribution in [0.25, 0.3) is 0 Å². The standard InChI is InChI=1S/C9H8ClFN2S/c10-7-1-2-9-8(5-7)13(4-3-11)6-12-14-9/h1-2,5-6H,3-4H2. The summed E-state index contributed by atoms with van der Waals surface area (Å²) in [6, 6.07) is 5.52. The molecule has 1 aromatic rings. The maximum absolute atomic E-state index is 12.2. The van der Waals surface area contributed by atoms with Crippen molar-refractivity contribution in [3.63, 3.8) is 0 Å². The molecular formula is C9H8ClFN2S. The first kappa shape index (κ1) is 9.80. The Labute approximate surface area is 90.9 Å². The van der Waals surface area contributed by atoms with Crippen molar-refractivity contribution in [1.29, 1.82) is 0 Å². The van der Waals surface area contributed by atoms with Gasteiger partial charge in [0.05, 0.1) is 17.1 Å². The van der Waals surface area contributed by atoms with Crippen LogP contribution in [-0.2, 0) is 0 Å². The van der Waals surface area contributed by atoms with E-state index in [0.29, 0.717) is 11.6 Å². The molecular weight excluding hydrogens is 223 g/mol. The highest BCUT2D eigenvalue weighted by Crippen LogP contribution is 2.35. The Hall–Kier alpha value is -0.740. The molecule has 0 atom stereocenters. The summed E-state index contributed by atoms with van der Waals surface area (Å²) < 4.78 is 16.3. The van der Waals surface area contributed by atoms with E-state index in [-0.39, 0.29) is 0 Å². The lowest BCUT2D eigenvalue weighted by atomic mass is 10.3. The second-order valence-electron chi connectivity index (χ2n) is 2.81. The minimum Gasteiger partial charge on any atom is -0.328 e. The number of anilines is 1. The van der Waals surface area contributed by atoms with Crippen molar-refractivity contribution in [3.8, 4) is 0 Å². The SMILES string of the molecule is FCCN1C=NSc2ccc(Cl)cc21. The van der Waals surface area contributed by atoms with Crippen LogP contribution in [0.3, 0.4) is 0 Å². The van der Waals surface area contributed by atoms with Gasteiger partial charge in [0.1, 0.15) is 13.0 Å². The highest BCUT2D eigenvalue weighted by molar-refractivity contribution is 7.98. The first-order valence-corrected chi connectivity index (χ1v) is 5.29. The Balaban J connectivity index is 2.36. The Morgan fingerprint density at radius 3 is 3.14 bits per heavy atom. The lowest BCUT2D eigenvalue weighted by Crippen LogP contribution is -2.25. The van der Waals surface area contributed by atoms with Crippen LogP contribution < -0.4 is 4.90 Å². The Kier molecular flexibility index (Phi) is 2.93. The number of halogens is 2. The monoisotopic (exact) mass is 230 g/mol. The molecule has 1 aliphatic heterocycles. The fourth-order valence-corrected chi connectivity index (χ4v) is 2.10. The van der Waals surface area contributed by atoms with Crippen LogP contribution in [0.15, 0.2) is 27.5 Å². The number of hydrogen-bond acceptors (Lipinski definition) is 3. The fourth-order valence-electron chi connectivity index (χ4n) is 1.26. The molecule has 0 unspecified atom stereocenters. The highest BCUT2D eigenvalue weighted by atomic mass is 35.5. The van der Waals surface area contributed by atoms with E-state index in [1.165, 1.54) is 11.9 Å². The van der Waals surface area contributed by atoms with E-state index in [2.05, 4.69) is 4.40 Å². The number of fused-ring (bicyclic) bond motifs is 1. The highest BCUT2D eigenvalue weighted by Gasteiger charge is 2.14. The summed E-state index contributed by atoms with van der Waals surface area (Å²) in [4.78, 5) is 2.77. The third kappa shape index (κ3) is 1.86. The van der Waals surface area contributed by atoms with E-state index in [4.69, 9.17) is 11.6 Å². The number of hydrogen-bond donors (Lipinski definition) is 0. The number of rotatable bonds is 2. The molecule has 0 amide bonds. The molecule has 0 radical (unpaired) electrons. The molecule has 0 spiro atoms. The van der Waals surface area contributed by atoms with Crippen molar-refractivity contribution in [2.24, 2.45) is 4.40 Å². The van der Waals surface area contributed by atoms with Crippen molar-refractivity contribution in [2.45, 2.75) is 4.90 Å². The minimum absolute atomic E-state index is 0.317. The number of alkyl halides is 1. The minimum atomic E-state index is -0.400. The van der Waals surface area contributed by atoms with Gasteiger partial charge in [-0.05, 0) is 18.2 Å². The predicted octanol–water partition coefficient (Wildman–Crippen LogP) is 3.16. The largest absolute Gasteiger partial charge is 0.328 e. The van der Waals surface area contributed by atoms with Gasteiger partial charge in [0, 0.05) is 17.0 Å². The smallest absolute Gasteiger partial charge is 0.107 e. The molecule has 2 rings (SSSR count). The molecule has 1 aromatic carbocycles. The van der Waals surface area contributed by atoms with Crippen molar-refractivity contribution in [3.05, 3.63) is 23.2 Å². The molecule has 0 N–H and O–H groups in total. The van der Waals surface area contributed by atoms with Gasteiger partial charge < -0.3 is 4.90 Å². The van der Waals surface area contributed by atoms with Crippen LogP contribution in [-0.4, -0.2) is 19.6 Å². The summed E-state index contributed by atoms with van der Waals surface area (Å²) in [7, 11) is 0. The van der Waals surface area contributed by atoms with Gasteiger partial charge in [0.2, 0.25) is 0 Å². The van der Waals surface area contributed by atoms with Gasteiger partial charge in [-0.3, -0.25) is 0 Å². The molecule has 0 aromatic heterocycles. The topological polar surface area (TPSA) is 15.6 Å². The van der Waals surface area contributed by atoms with Gasteiger partial charge in [-0.1, -0.05) is 11.6 Å². The zero-order valence-corrected chi connectivity index (χ0v) is 8.85. The summed E-state index contributed by atoms with van der Waals surface area (Å²) in [6.07, 6.45) is 1.63. The maximum Gasteiger partial charge on any atom is 0.107 e. The first-order valence-electron chi connectivity index (χ1n) is 4.14. The number of nitrogens with zero attached hydrogens (tertiary/aromatic N) is 2. The first-order chi connectivity index (χ1) is 6.81. The third-order valence-electron chi connectivity index (χ3n) is 1.89. The summed E-state index contributed by atoms with van der Waals surface area (Å²) >= 11 is 7.24. The quantitative estimate of drug-likeness (QED) is 0.726. The molecule has 5 heteroatoms. The second-order valence-corrected chi connectivity index (χ2v) is 4.08. The van der Waals surface area contributed by atoms with E-state index >= 15 is 0 Å². The Bertz CT molecular complexity index is 370. The van der Waals surface area contributed by atoms with Gasteiger partial charge in [-0.25, -0.2) is 8.79 Å². The van der Waals surface area contributed by atoms with E-state index in [1.54, 1.807) is 11.2 Å². The van der Waals surface area contributed by atoms with Crippen LogP contribution in [0, 0.1) is 0 Å². The van der Waals surface area contributed by atoms with E-state index in [1.807, 2.05) is 18.2 Å². The molecule has 14 heavy (non-hydrogen) atoms. The van der Waals surface area contributed by atoms with Gasteiger partial charge in [-0.15, -0.1) is 0 Å². The van der Waals surface area contributed by atoms with Crippen molar-refractivity contribution >= 4 is 35.6 Å². The molecule has 0 saturated heterocycles. The average molecular weight is 231 g/mol. The summed E-state index contributed by atoms with van der Waals surface area (Å²) in [5.74, 6) is 0. The summed E-state index contributed by atoms with van der Waals surface area (Å²) in [6.45, 7) is -0.0833. The Morgan fingerprint density at radius 1 is 1.50 bits per heavy atom.